The fourth-order valence-electron chi connectivity index (χ4n) is 1.42. The van der Waals surface area contributed by atoms with E-state index in [2.05, 4.69) is 5.32 Å². The molecule has 1 aromatic carbocycles. The molecule has 1 amide bonds. The predicted octanol–water partition coefficient (Wildman–Crippen LogP) is 1.66. The fraction of sp³-hybridized carbons (Fsp3) is 0.273. The number of carbonyl (C=O) groups excluding carboxylic acids is 2. The lowest BCUT2D eigenvalue weighted by Crippen LogP contribution is -2.36. The molecule has 84 valence electrons. The van der Waals surface area contributed by atoms with Crippen LogP contribution in [0.5, 0.6) is 0 Å². The Bertz CT molecular complexity index is 433. The molecule has 1 aliphatic heterocycles. The minimum absolute atomic E-state index is 0.283. The van der Waals surface area contributed by atoms with Gasteiger partial charge in [-0.2, -0.15) is 0 Å². The summed E-state index contributed by atoms with van der Waals surface area (Å²) in [6, 6.07) is 7.38. The molecule has 0 radical (unpaired) electrons. The number of carbonyl (C=O) groups is 2. The number of ether oxygens (including phenoxy) is 1. The van der Waals surface area contributed by atoms with Gasteiger partial charge in [0.2, 0.25) is 5.91 Å². The normalized spacial score (nSPS) is 18.6. The zero-order valence-electron chi connectivity index (χ0n) is 8.73. The lowest BCUT2D eigenvalue weighted by molar-refractivity contribution is -0.144. The Labute approximate surface area is 97.4 Å². The first-order valence-electron chi connectivity index (χ1n) is 4.95. The molecule has 1 atom stereocenters. The van der Waals surface area contributed by atoms with E-state index in [4.69, 9.17) is 4.74 Å². The van der Waals surface area contributed by atoms with Crippen molar-refractivity contribution in [1.82, 2.24) is 0 Å². The quantitative estimate of drug-likeness (QED) is 0.628. The summed E-state index contributed by atoms with van der Waals surface area (Å²) < 4.78 is 4.85. The standard InChI is InChI=1S/C11H11NO3S/c1-2-15-11(14)9-10(13)12-7-5-3-4-6-8(7)16-9/h3-6,9H,2H2,1H3,(H,12,13)/t9-/m0/s1. The van der Waals surface area contributed by atoms with Crippen molar-refractivity contribution in [2.45, 2.75) is 17.1 Å². The zero-order valence-corrected chi connectivity index (χ0v) is 9.54. The molecule has 0 unspecified atom stereocenters. The van der Waals surface area contributed by atoms with Crippen LogP contribution in [0.15, 0.2) is 29.2 Å². The lowest BCUT2D eigenvalue weighted by atomic mass is 10.3. The maximum Gasteiger partial charge on any atom is 0.329 e. The van der Waals surface area contributed by atoms with E-state index in [0.29, 0.717) is 0 Å². The van der Waals surface area contributed by atoms with Gasteiger partial charge in [-0.05, 0) is 19.1 Å². The van der Waals surface area contributed by atoms with Gasteiger partial charge in [0.05, 0.1) is 12.3 Å². The second-order valence-corrected chi connectivity index (χ2v) is 4.38. The van der Waals surface area contributed by atoms with E-state index in [9.17, 15) is 9.59 Å². The molecule has 0 spiro atoms. The summed E-state index contributed by atoms with van der Waals surface area (Å²) in [7, 11) is 0. The summed E-state index contributed by atoms with van der Waals surface area (Å²) in [5, 5.41) is 1.89. The maximum atomic E-state index is 11.6. The molecule has 1 N–H and O–H groups in total. The van der Waals surface area contributed by atoms with Gasteiger partial charge >= 0.3 is 5.97 Å². The third-order valence-corrected chi connectivity index (χ3v) is 3.38. The molecule has 16 heavy (non-hydrogen) atoms. The van der Waals surface area contributed by atoms with Crippen LogP contribution >= 0.6 is 11.8 Å². The number of fused-ring (bicyclic) bond motifs is 1. The van der Waals surface area contributed by atoms with Gasteiger partial charge in [0.15, 0.2) is 5.25 Å². The van der Waals surface area contributed by atoms with Crippen LogP contribution in [0.1, 0.15) is 6.92 Å². The number of hydrogen-bond donors (Lipinski definition) is 1. The molecule has 0 saturated heterocycles. The third kappa shape index (κ3) is 2.04. The number of anilines is 1. The summed E-state index contributed by atoms with van der Waals surface area (Å²) in [6.45, 7) is 2.00. The minimum atomic E-state index is -0.796. The number of nitrogens with one attached hydrogen (secondary N) is 1. The van der Waals surface area contributed by atoms with Crippen molar-refractivity contribution in [3.05, 3.63) is 24.3 Å². The number of amides is 1. The van der Waals surface area contributed by atoms with E-state index in [1.54, 1.807) is 6.92 Å². The van der Waals surface area contributed by atoms with Crippen LogP contribution in [0.2, 0.25) is 0 Å². The SMILES string of the molecule is CCOC(=O)[C@H]1Sc2ccccc2NC1=O. The second-order valence-electron chi connectivity index (χ2n) is 3.24. The van der Waals surface area contributed by atoms with Gasteiger partial charge in [-0.3, -0.25) is 9.59 Å². The van der Waals surface area contributed by atoms with Crippen LogP contribution < -0.4 is 5.32 Å². The highest BCUT2D eigenvalue weighted by Gasteiger charge is 2.33. The van der Waals surface area contributed by atoms with E-state index in [1.165, 1.54) is 11.8 Å². The van der Waals surface area contributed by atoms with E-state index in [1.807, 2.05) is 24.3 Å². The first kappa shape index (κ1) is 11.0. The first-order chi connectivity index (χ1) is 7.72. The number of esters is 1. The minimum Gasteiger partial charge on any atom is -0.465 e. The molecule has 0 saturated carbocycles. The Hall–Kier alpha value is -1.49. The van der Waals surface area contributed by atoms with Gasteiger partial charge < -0.3 is 10.1 Å². The van der Waals surface area contributed by atoms with Crippen molar-refractivity contribution in [2.75, 3.05) is 11.9 Å². The third-order valence-electron chi connectivity index (χ3n) is 2.13. The van der Waals surface area contributed by atoms with Crippen molar-refractivity contribution in [1.29, 1.82) is 0 Å². The highest BCUT2D eigenvalue weighted by atomic mass is 32.2. The number of hydrogen-bond acceptors (Lipinski definition) is 4. The van der Waals surface area contributed by atoms with E-state index < -0.39 is 11.2 Å². The van der Waals surface area contributed by atoms with Gasteiger partial charge in [0.1, 0.15) is 0 Å². The van der Waals surface area contributed by atoms with E-state index >= 15 is 0 Å². The Kier molecular flexibility index (Phi) is 3.14. The molecule has 5 heteroatoms. The number of thioether (sulfide) groups is 1. The van der Waals surface area contributed by atoms with Gasteiger partial charge in [-0.15, -0.1) is 0 Å². The van der Waals surface area contributed by atoms with Crippen molar-refractivity contribution in [3.8, 4) is 0 Å². The van der Waals surface area contributed by atoms with Crippen LogP contribution in [-0.4, -0.2) is 23.7 Å². The number of rotatable bonds is 2. The molecule has 1 aliphatic rings. The molecular formula is C11H11NO3S. The molecule has 1 heterocycles. The average molecular weight is 237 g/mol. The second kappa shape index (κ2) is 4.57. The fourth-order valence-corrected chi connectivity index (χ4v) is 2.41. The molecule has 1 aromatic rings. The summed E-state index contributed by atoms with van der Waals surface area (Å²) in [6.07, 6.45) is 0. The van der Waals surface area contributed by atoms with Crippen molar-refractivity contribution in [2.24, 2.45) is 0 Å². The van der Waals surface area contributed by atoms with Crippen molar-refractivity contribution >= 4 is 29.3 Å². The Morgan fingerprint density at radius 1 is 1.50 bits per heavy atom. The smallest absolute Gasteiger partial charge is 0.329 e. The molecule has 0 bridgehead atoms. The van der Waals surface area contributed by atoms with Crippen molar-refractivity contribution in [3.63, 3.8) is 0 Å². The summed E-state index contributed by atoms with van der Waals surface area (Å²) in [5.41, 5.74) is 0.748. The predicted molar refractivity (Wildman–Crippen MR) is 61.3 cm³/mol. The van der Waals surface area contributed by atoms with Crippen molar-refractivity contribution < 1.29 is 14.3 Å². The molecular weight excluding hydrogens is 226 g/mol. The number of para-hydroxylation sites is 1. The van der Waals surface area contributed by atoms with Crippen LogP contribution in [0, 0.1) is 0 Å². The topological polar surface area (TPSA) is 55.4 Å². The highest BCUT2D eigenvalue weighted by molar-refractivity contribution is 8.01. The van der Waals surface area contributed by atoms with Gasteiger partial charge in [-0.25, -0.2) is 0 Å². The lowest BCUT2D eigenvalue weighted by Gasteiger charge is -2.22. The van der Waals surface area contributed by atoms with Gasteiger partial charge in [0, 0.05) is 4.90 Å². The molecule has 0 aromatic heterocycles. The highest BCUT2D eigenvalue weighted by Crippen LogP contribution is 2.35. The monoisotopic (exact) mass is 237 g/mol. The number of benzene rings is 1. The molecule has 0 fully saturated rings. The van der Waals surface area contributed by atoms with Crippen LogP contribution in [0.4, 0.5) is 5.69 Å². The van der Waals surface area contributed by atoms with Gasteiger partial charge in [0.25, 0.3) is 0 Å². The van der Waals surface area contributed by atoms with Gasteiger partial charge in [-0.1, -0.05) is 23.9 Å². The Morgan fingerprint density at radius 2 is 2.25 bits per heavy atom. The van der Waals surface area contributed by atoms with Crippen LogP contribution in [-0.2, 0) is 14.3 Å². The van der Waals surface area contributed by atoms with E-state index in [0.717, 1.165) is 10.6 Å². The molecule has 0 aliphatic carbocycles. The largest absolute Gasteiger partial charge is 0.465 e. The summed E-state index contributed by atoms with van der Waals surface area (Å²) in [4.78, 5) is 24.0. The maximum absolute atomic E-state index is 11.6. The Balaban J connectivity index is 2.21. The van der Waals surface area contributed by atoms with Crippen LogP contribution in [0.25, 0.3) is 0 Å². The molecule has 2 rings (SSSR count). The Morgan fingerprint density at radius 3 is 3.00 bits per heavy atom. The van der Waals surface area contributed by atoms with E-state index in [-0.39, 0.29) is 12.5 Å². The van der Waals surface area contributed by atoms with Crippen LogP contribution in [0.3, 0.4) is 0 Å². The zero-order chi connectivity index (χ0) is 11.5. The molecule has 4 nitrogen and oxygen atoms in total. The average Bonchev–Trinajstić information content (AvgIpc) is 2.28. The first-order valence-corrected chi connectivity index (χ1v) is 5.83. The summed E-state index contributed by atoms with van der Waals surface area (Å²) >= 11 is 1.23. The summed E-state index contributed by atoms with van der Waals surface area (Å²) in [5.74, 6) is -0.804.